The predicted octanol–water partition coefficient (Wildman–Crippen LogP) is 6.16. The molecule has 1 fully saturated rings. The lowest BCUT2D eigenvalue weighted by Crippen LogP contribution is -2.41. The van der Waals surface area contributed by atoms with Gasteiger partial charge in [0.2, 0.25) is 0 Å². The van der Waals surface area contributed by atoms with Crippen molar-refractivity contribution in [2.45, 2.75) is 38.9 Å². The van der Waals surface area contributed by atoms with E-state index in [9.17, 15) is 0 Å². The van der Waals surface area contributed by atoms with Crippen molar-refractivity contribution in [3.05, 3.63) is 60.7 Å². The molecule has 6 heteroatoms. The van der Waals surface area contributed by atoms with E-state index in [1.807, 2.05) is 36.4 Å². The molecule has 2 aromatic heterocycles. The minimum atomic E-state index is -0.438. The van der Waals surface area contributed by atoms with E-state index in [0.29, 0.717) is 0 Å². The normalized spacial score (nSPS) is 17.9. The number of thiazole rings is 1. The van der Waals surface area contributed by atoms with Gasteiger partial charge in [0.25, 0.3) is 0 Å². The van der Waals surface area contributed by atoms with E-state index in [-0.39, 0.29) is 0 Å². The minimum absolute atomic E-state index is 0.394. The zero-order valence-electron chi connectivity index (χ0n) is 17.9. The van der Waals surface area contributed by atoms with E-state index in [0.717, 1.165) is 48.2 Å². The Hall–Kier alpha value is -2.67. The summed E-state index contributed by atoms with van der Waals surface area (Å²) in [6.07, 6.45) is 0. The van der Waals surface area contributed by atoms with Gasteiger partial charge in [0, 0.05) is 22.4 Å². The first-order valence-electron chi connectivity index (χ1n) is 10.5. The van der Waals surface area contributed by atoms with Crippen LogP contribution in [0.1, 0.15) is 27.7 Å². The van der Waals surface area contributed by atoms with E-state index >= 15 is 0 Å². The molecule has 5 aromatic rings. The quantitative estimate of drug-likeness (QED) is 0.317. The number of furan rings is 1. The molecule has 0 saturated carbocycles. The van der Waals surface area contributed by atoms with E-state index in [2.05, 4.69) is 52.0 Å². The lowest BCUT2D eigenvalue weighted by molar-refractivity contribution is 0.00578. The van der Waals surface area contributed by atoms with Crippen molar-refractivity contribution in [2.24, 2.45) is 0 Å². The van der Waals surface area contributed by atoms with Gasteiger partial charge in [-0.1, -0.05) is 42.5 Å². The Morgan fingerprint density at radius 1 is 0.839 bits per heavy atom. The molecule has 0 atom stereocenters. The van der Waals surface area contributed by atoms with Crippen LogP contribution in [0.4, 0.5) is 0 Å². The fraction of sp³-hybridized carbons (Fsp3) is 0.240. The van der Waals surface area contributed by atoms with Crippen LogP contribution in [-0.2, 0) is 9.31 Å². The standard InChI is InChI=1S/C25H22BNO3S/c1-24(2)25(3,4)30-26(29-24)17-11-8-12-19-22(17)16-13-21-18(14-20(16)28-19)27-23(31-21)15-9-6-5-7-10-15/h5-14H,1-4H3. The number of nitrogens with zero attached hydrogens (tertiary/aromatic N) is 1. The lowest BCUT2D eigenvalue weighted by atomic mass is 9.76. The third-order valence-corrected chi connectivity index (χ3v) is 7.63. The SMILES string of the molecule is CC1(C)OB(c2cccc3oc4cc5nc(-c6ccccc6)sc5cc4c23)OC1(C)C. The van der Waals surface area contributed by atoms with Gasteiger partial charge in [-0.05, 0) is 45.3 Å². The Morgan fingerprint density at radius 2 is 1.58 bits per heavy atom. The zero-order valence-corrected chi connectivity index (χ0v) is 18.7. The highest BCUT2D eigenvalue weighted by Crippen LogP contribution is 2.39. The van der Waals surface area contributed by atoms with Crippen LogP contribution in [0.2, 0.25) is 0 Å². The molecular weight excluding hydrogens is 405 g/mol. The Balaban J connectivity index is 1.54. The van der Waals surface area contributed by atoms with Crippen LogP contribution in [0.5, 0.6) is 0 Å². The summed E-state index contributed by atoms with van der Waals surface area (Å²) in [5.74, 6) is 0. The predicted molar refractivity (Wildman–Crippen MR) is 128 cm³/mol. The smallest absolute Gasteiger partial charge is 0.456 e. The molecular formula is C25H22BNO3S. The summed E-state index contributed by atoms with van der Waals surface area (Å²) in [5.41, 5.74) is 3.96. The summed E-state index contributed by atoms with van der Waals surface area (Å²) in [4.78, 5) is 4.85. The largest absolute Gasteiger partial charge is 0.495 e. The average molecular weight is 427 g/mol. The Labute approximate surface area is 184 Å². The maximum absolute atomic E-state index is 6.35. The fourth-order valence-corrected chi connectivity index (χ4v) is 5.14. The highest BCUT2D eigenvalue weighted by atomic mass is 32.1. The zero-order chi connectivity index (χ0) is 21.4. The molecule has 0 unspecified atom stereocenters. The first kappa shape index (κ1) is 19.1. The molecule has 154 valence electrons. The fourth-order valence-electron chi connectivity index (χ4n) is 4.15. The van der Waals surface area contributed by atoms with E-state index in [1.54, 1.807) is 11.3 Å². The number of aromatic nitrogens is 1. The molecule has 0 aliphatic carbocycles. The van der Waals surface area contributed by atoms with Gasteiger partial charge in [-0.2, -0.15) is 0 Å². The molecule has 1 aliphatic heterocycles. The number of benzene rings is 3. The van der Waals surface area contributed by atoms with Gasteiger partial charge in [0.15, 0.2) is 0 Å². The number of fused-ring (bicyclic) bond motifs is 4. The second-order valence-corrected chi connectivity index (χ2v) is 10.1. The Morgan fingerprint density at radius 3 is 2.32 bits per heavy atom. The summed E-state index contributed by atoms with van der Waals surface area (Å²) in [5, 5.41) is 3.13. The van der Waals surface area contributed by atoms with Crippen molar-refractivity contribution >= 4 is 56.1 Å². The van der Waals surface area contributed by atoms with Gasteiger partial charge in [-0.15, -0.1) is 11.3 Å². The van der Waals surface area contributed by atoms with E-state index in [1.165, 1.54) is 0 Å². The summed E-state index contributed by atoms with van der Waals surface area (Å²) in [6.45, 7) is 8.30. The summed E-state index contributed by atoms with van der Waals surface area (Å²) in [6, 6.07) is 20.6. The van der Waals surface area contributed by atoms with Crippen LogP contribution >= 0.6 is 11.3 Å². The third-order valence-electron chi connectivity index (χ3n) is 6.57. The summed E-state index contributed by atoms with van der Waals surface area (Å²) >= 11 is 1.70. The lowest BCUT2D eigenvalue weighted by Gasteiger charge is -2.32. The first-order chi connectivity index (χ1) is 14.8. The molecule has 0 bridgehead atoms. The Kier molecular flexibility index (Phi) is 3.95. The van der Waals surface area contributed by atoms with Crippen molar-refractivity contribution in [2.75, 3.05) is 0 Å². The monoisotopic (exact) mass is 427 g/mol. The molecule has 0 amide bonds. The second-order valence-electron chi connectivity index (χ2n) is 9.11. The van der Waals surface area contributed by atoms with Crippen LogP contribution in [0.25, 0.3) is 42.7 Å². The summed E-state index contributed by atoms with van der Waals surface area (Å²) < 4.78 is 20.1. The maximum atomic E-state index is 6.35. The van der Waals surface area contributed by atoms with E-state index in [4.69, 9.17) is 18.7 Å². The maximum Gasteiger partial charge on any atom is 0.495 e. The van der Waals surface area contributed by atoms with Gasteiger partial charge in [-0.25, -0.2) is 4.98 Å². The molecule has 4 nitrogen and oxygen atoms in total. The highest BCUT2D eigenvalue weighted by molar-refractivity contribution is 7.21. The van der Waals surface area contributed by atoms with Crippen molar-refractivity contribution in [3.8, 4) is 10.6 Å². The van der Waals surface area contributed by atoms with Gasteiger partial charge in [0.1, 0.15) is 16.2 Å². The van der Waals surface area contributed by atoms with Gasteiger partial charge < -0.3 is 13.7 Å². The van der Waals surface area contributed by atoms with Gasteiger partial charge in [-0.3, -0.25) is 0 Å². The third kappa shape index (κ3) is 2.86. The molecule has 6 rings (SSSR count). The van der Waals surface area contributed by atoms with Gasteiger partial charge in [0.05, 0.1) is 21.4 Å². The topological polar surface area (TPSA) is 44.5 Å². The summed E-state index contributed by atoms with van der Waals surface area (Å²) in [7, 11) is -0.438. The molecule has 3 heterocycles. The van der Waals surface area contributed by atoms with Crippen LogP contribution in [0.15, 0.2) is 65.1 Å². The van der Waals surface area contributed by atoms with Crippen LogP contribution in [-0.4, -0.2) is 23.3 Å². The van der Waals surface area contributed by atoms with Crippen LogP contribution in [0.3, 0.4) is 0 Å². The van der Waals surface area contributed by atoms with Gasteiger partial charge >= 0.3 is 7.12 Å². The molecule has 1 saturated heterocycles. The van der Waals surface area contributed by atoms with Crippen molar-refractivity contribution in [1.29, 1.82) is 0 Å². The number of hydrogen-bond donors (Lipinski definition) is 0. The molecule has 0 radical (unpaired) electrons. The molecule has 0 N–H and O–H groups in total. The van der Waals surface area contributed by atoms with Crippen LogP contribution in [0, 0.1) is 0 Å². The molecule has 3 aromatic carbocycles. The van der Waals surface area contributed by atoms with E-state index < -0.39 is 18.3 Å². The second kappa shape index (κ2) is 6.42. The number of hydrogen-bond acceptors (Lipinski definition) is 5. The van der Waals surface area contributed by atoms with Crippen molar-refractivity contribution in [3.63, 3.8) is 0 Å². The highest BCUT2D eigenvalue weighted by Gasteiger charge is 2.52. The van der Waals surface area contributed by atoms with Crippen LogP contribution < -0.4 is 5.46 Å². The van der Waals surface area contributed by atoms with Crippen molar-refractivity contribution in [1.82, 2.24) is 4.98 Å². The Bertz CT molecular complexity index is 1440. The first-order valence-corrected chi connectivity index (χ1v) is 11.3. The minimum Gasteiger partial charge on any atom is -0.456 e. The number of rotatable bonds is 2. The average Bonchev–Trinajstić information content (AvgIpc) is 3.37. The molecule has 1 aliphatic rings. The van der Waals surface area contributed by atoms with Crippen molar-refractivity contribution < 1.29 is 13.7 Å². The molecule has 0 spiro atoms. The molecule has 31 heavy (non-hydrogen) atoms.